The Morgan fingerprint density at radius 3 is 2.77 bits per heavy atom. The van der Waals surface area contributed by atoms with Crippen LogP contribution in [0.2, 0.25) is 0 Å². The fraction of sp³-hybridized carbons (Fsp3) is 0.476. The van der Waals surface area contributed by atoms with E-state index in [9.17, 15) is 14.7 Å². The topological polar surface area (TPSA) is 119 Å². The van der Waals surface area contributed by atoms with E-state index in [4.69, 9.17) is 15.3 Å². The number of benzene rings is 1. The largest absolute Gasteiger partial charge is 0.492 e. The van der Waals surface area contributed by atoms with Crippen molar-refractivity contribution in [2.75, 3.05) is 31.7 Å². The molecular weight excluding hydrogens is 407 g/mol. The number of oxime groups is 1. The van der Waals surface area contributed by atoms with Gasteiger partial charge in [0.25, 0.3) is 0 Å². The van der Waals surface area contributed by atoms with E-state index in [1.807, 2.05) is 6.92 Å². The van der Waals surface area contributed by atoms with Gasteiger partial charge in [0, 0.05) is 31.2 Å². The van der Waals surface area contributed by atoms with Crippen molar-refractivity contribution in [1.29, 1.82) is 0 Å². The van der Waals surface area contributed by atoms with Crippen molar-refractivity contribution < 1.29 is 23.9 Å². The number of carbonyl (C=O) groups is 1. The van der Waals surface area contributed by atoms with E-state index < -0.39 is 17.2 Å². The van der Waals surface area contributed by atoms with Gasteiger partial charge in [-0.05, 0) is 25.8 Å². The number of carboxylic acids is 1. The maximum atomic E-state index is 15.4. The lowest BCUT2D eigenvalue weighted by Crippen LogP contribution is -2.48. The second-order valence-electron chi connectivity index (χ2n) is 7.87. The summed E-state index contributed by atoms with van der Waals surface area (Å²) in [5, 5.41) is 13.5. The molecule has 1 atom stereocenters. The number of carboxylic acid groups (broad SMARTS) is 1. The highest BCUT2D eigenvalue weighted by atomic mass is 19.1. The molecule has 2 fully saturated rings. The number of hydrogen-bond acceptors (Lipinski definition) is 7. The minimum atomic E-state index is -1.34. The molecule has 3 N–H and O–H groups in total. The summed E-state index contributed by atoms with van der Waals surface area (Å²) in [4.78, 5) is 31.3. The van der Waals surface area contributed by atoms with Gasteiger partial charge in [0.1, 0.15) is 17.9 Å². The van der Waals surface area contributed by atoms with Crippen molar-refractivity contribution in [2.24, 2.45) is 10.9 Å². The molecule has 166 valence electrons. The van der Waals surface area contributed by atoms with Gasteiger partial charge in [-0.2, -0.15) is 0 Å². The van der Waals surface area contributed by atoms with Crippen molar-refractivity contribution in [3.63, 3.8) is 0 Å². The normalized spacial score (nSPS) is 20.3. The molecule has 1 saturated carbocycles. The van der Waals surface area contributed by atoms with Gasteiger partial charge in [0.15, 0.2) is 11.6 Å². The van der Waals surface area contributed by atoms with Crippen molar-refractivity contribution >= 4 is 28.3 Å². The molecule has 0 amide bonds. The van der Waals surface area contributed by atoms with Gasteiger partial charge in [-0.25, -0.2) is 9.18 Å². The van der Waals surface area contributed by atoms with Crippen LogP contribution >= 0.6 is 0 Å². The molecule has 1 unspecified atom stereocenters. The zero-order chi connectivity index (χ0) is 22.3. The van der Waals surface area contributed by atoms with Crippen LogP contribution in [0.1, 0.15) is 42.6 Å². The first kappa shape index (κ1) is 21.1. The minimum Gasteiger partial charge on any atom is -0.492 e. The molecule has 4 rings (SSSR count). The third-order valence-electron chi connectivity index (χ3n) is 5.54. The van der Waals surface area contributed by atoms with E-state index in [1.54, 1.807) is 9.47 Å². The fourth-order valence-corrected chi connectivity index (χ4v) is 4.12. The third kappa shape index (κ3) is 3.83. The SMILES string of the molecule is CCO/N=C1\CC(N)CN(c2c(F)cc3c(=O)c(C(=O)O)cn(C4CC4)c3c2OC)C1. The monoisotopic (exact) mass is 432 g/mol. The fourth-order valence-electron chi connectivity index (χ4n) is 4.12. The number of rotatable bonds is 6. The van der Waals surface area contributed by atoms with E-state index in [0.717, 1.165) is 18.9 Å². The van der Waals surface area contributed by atoms with E-state index in [2.05, 4.69) is 5.16 Å². The Labute approximate surface area is 177 Å². The van der Waals surface area contributed by atoms with Crippen LogP contribution in [-0.4, -0.2) is 54.2 Å². The molecule has 0 bridgehead atoms. The first-order chi connectivity index (χ1) is 14.8. The van der Waals surface area contributed by atoms with Gasteiger partial charge in [-0.15, -0.1) is 0 Å². The highest BCUT2D eigenvalue weighted by Gasteiger charge is 2.33. The molecule has 1 aromatic heterocycles. The third-order valence-corrected chi connectivity index (χ3v) is 5.54. The van der Waals surface area contributed by atoms with Crippen LogP contribution in [0.5, 0.6) is 5.75 Å². The molecule has 1 aliphatic carbocycles. The molecule has 1 aliphatic heterocycles. The van der Waals surface area contributed by atoms with Gasteiger partial charge in [-0.1, -0.05) is 5.16 Å². The Morgan fingerprint density at radius 1 is 1.42 bits per heavy atom. The average molecular weight is 432 g/mol. The molecule has 9 nitrogen and oxygen atoms in total. The van der Waals surface area contributed by atoms with Crippen LogP contribution < -0.4 is 20.8 Å². The number of methoxy groups -OCH3 is 1. The summed E-state index contributed by atoms with van der Waals surface area (Å²) in [7, 11) is 1.41. The number of nitrogens with two attached hydrogens (primary N) is 1. The van der Waals surface area contributed by atoms with Crippen LogP contribution in [-0.2, 0) is 4.84 Å². The Bertz CT molecular complexity index is 1130. The summed E-state index contributed by atoms with van der Waals surface area (Å²) < 4.78 is 22.7. The summed E-state index contributed by atoms with van der Waals surface area (Å²) >= 11 is 0. The zero-order valence-electron chi connectivity index (χ0n) is 17.4. The number of hydrogen-bond donors (Lipinski definition) is 2. The van der Waals surface area contributed by atoms with Crippen LogP contribution in [0.25, 0.3) is 10.9 Å². The molecule has 0 radical (unpaired) electrons. The molecule has 2 aliphatic rings. The lowest BCUT2D eigenvalue weighted by atomic mass is 10.0. The molecule has 2 heterocycles. The second-order valence-corrected chi connectivity index (χ2v) is 7.87. The number of nitrogens with zero attached hydrogens (tertiary/aromatic N) is 3. The quantitative estimate of drug-likeness (QED) is 0.671. The predicted octanol–water partition coefficient (Wildman–Crippen LogP) is 2.11. The highest BCUT2D eigenvalue weighted by Crippen LogP contribution is 2.44. The number of anilines is 1. The second kappa shape index (κ2) is 8.18. The number of piperidine rings is 1. The first-order valence-corrected chi connectivity index (χ1v) is 10.2. The maximum Gasteiger partial charge on any atom is 0.341 e. The van der Waals surface area contributed by atoms with Crippen LogP contribution in [0, 0.1) is 5.82 Å². The van der Waals surface area contributed by atoms with Gasteiger partial charge in [0.2, 0.25) is 5.43 Å². The van der Waals surface area contributed by atoms with Crippen molar-refractivity contribution in [1.82, 2.24) is 4.57 Å². The first-order valence-electron chi connectivity index (χ1n) is 10.2. The Hall–Kier alpha value is -3.14. The van der Waals surface area contributed by atoms with E-state index >= 15 is 4.39 Å². The van der Waals surface area contributed by atoms with Crippen molar-refractivity contribution in [3.8, 4) is 5.75 Å². The van der Waals surface area contributed by atoms with E-state index in [-0.39, 0.29) is 34.5 Å². The Morgan fingerprint density at radius 2 is 2.16 bits per heavy atom. The number of aromatic carboxylic acids is 1. The molecule has 2 aromatic rings. The minimum absolute atomic E-state index is 0.0191. The van der Waals surface area contributed by atoms with Crippen molar-refractivity contribution in [3.05, 3.63) is 33.9 Å². The molecule has 10 heteroatoms. The number of ether oxygens (including phenoxy) is 1. The summed E-state index contributed by atoms with van der Waals surface area (Å²) in [6.07, 6.45) is 3.54. The molecule has 0 spiro atoms. The van der Waals surface area contributed by atoms with Crippen LogP contribution in [0.15, 0.2) is 22.2 Å². The van der Waals surface area contributed by atoms with Gasteiger partial charge < -0.3 is 29.9 Å². The number of fused-ring (bicyclic) bond motifs is 1. The van der Waals surface area contributed by atoms with E-state index in [1.165, 1.54) is 13.3 Å². The molecule has 31 heavy (non-hydrogen) atoms. The van der Waals surface area contributed by atoms with Gasteiger partial charge in [-0.3, -0.25) is 4.79 Å². The average Bonchev–Trinajstić information content (AvgIpc) is 3.56. The van der Waals surface area contributed by atoms with Gasteiger partial charge in [0.05, 0.1) is 30.3 Å². The van der Waals surface area contributed by atoms with Crippen LogP contribution in [0.4, 0.5) is 10.1 Å². The molecular formula is C21H25FN4O5. The Balaban J connectivity index is 1.94. The lowest BCUT2D eigenvalue weighted by molar-refractivity contribution is 0.0694. The summed E-state index contributed by atoms with van der Waals surface area (Å²) in [6, 6.07) is 0.847. The summed E-state index contributed by atoms with van der Waals surface area (Å²) in [6.45, 7) is 2.89. The molecule has 1 aromatic carbocycles. The van der Waals surface area contributed by atoms with Crippen LogP contribution in [0.3, 0.4) is 0 Å². The summed E-state index contributed by atoms with van der Waals surface area (Å²) in [5.74, 6) is -1.85. The maximum absolute atomic E-state index is 15.4. The molecule has 1 saturated heterocycles. The number of aromatic nitrogens is 1. The number of halogens is 1. The zero-order valence-corrected chi connectivity index (χ0v) is 17.4. The highest BCUT2D eigenvalue weighted by molar-refractivity contribution is 5.98. The summed E-state index contributed by atoms with van der Waals surface area (Å²) in [5.41, 5.74) is 6.30. The predicted molar refractivity (Wildman–Crippen MR) is 114 cm³/mol. The Kier molecular flexibility index (Phi) is 5.57. The smallest absolute Gasteiger partial charge is 0.341 e. The van der Waals surface area contributed by atoms with Crippen molar-refractivity contribution in [2.45, 2.75) is 38.3 Å². The van der Waals surface area contributed by atoms with Gasteiger partial charge >= 0.3 is 5.97 Å². The number of pyridine rings is 1. The lowest BCUT2D eigenvalue weighted by Gasteiger charge is -2.34. The van der Waals surface area contributed by atoms with E-state index in [0.29, 0.717) is 37.3 Å². The standard InChI is InChI=1S/C21H25FN4O5/c1-3-31-24-12-6-11(23)8-25(9-12)18-16(22)7-14-17(20(18)30-2)26(13-4-5-13)10-15(19(14)27)21(28)29/h7,10-11,13H,3-6,8-9,23H2,1-2H3,(H,28,29)/b24-12+.